The van der Waals surface area contributed by atoms with Crippen LogP contribution in [0.25, 0.3) is 0 Å². The highest BCUT2D eigenvalue weighted by molar-refractivity contribution is 5.94. The zero-order valence-corrected chi connectivity index (χ0v) is 13.6. The molecule has 1 aliphatic heterocycles. The van der Waals surface area contributed by atoms with E-state index in [9.17, 15) is 9.90 Å². The molecule has 0 spiro atoms. The molecule has 1 aliphatic rings. The van der Waals surface area contributed by atoms with Crippen molar-refractivity contribution in [2.75, 3.05) is 13.2 Å². The largest absolute Gasteiger partial charge is 0.396 e. The molecule has 1 fully saturated rings. The van der Waals surface area contributed by atoms with Crippen molar-refractivity contribution in [2.45, 2.75) is 57.6 Å². The van der Waals surface area contributed by atoms with Gasteiger partial charge < -0.3 is 15.1 Å². The van der Waals surface area contributed by atoms with Crippen molar-refractivity contribution < 1.29 is 15.0 Å². The molecule has 1 aromatic rings. The molecule has 4 heteroatoms. The Hall–Kier alpha value is -1.39. The summed E-state index contributed by atoms with van der Waals surface area (Å²) in [5, 5.41) is 19.0. The van der Waals surface area contributed by atoms with Crippen LogP contribution >= 0.6 is 0 Å². The minimum absolute atomic E-state index is 0.0565. The summed E-state index contributed by atoms with van der Waals surface area (Å²) >= 11 is 0. The van der Waals surface area contributed by atoms with Crippen LogP contribution in [-0.2, 0) is 6.42 Å². The van der Waals surface area contributed by atoms with Crippen LogP contribution in [0.3, 0.4) is 0 Å². The maximum absolute atomic E-state index is 12.7. The van der Waals surface area contributed by atoms with Crippen molar-refractivity contribution in [3.05, 3.63) is 35.4 Å². The molecule has 1 aromatic carbocycles. The first-order chi connectivity index (χ1) is 10.4. The molecule has 1 saturated heterocycles. The van der Waals surface area contributed by atoms with Gasteiger partial charge in [0.25, 0.3) is 5.91 Å². The third kappa shape index (κ3) is 4.55. The molecule has 2 N–H and O–H groups in total. The molecule has 122 valence electrons. The number of aryl methyl sites for hydroxylation is 1. The summed E-state index contributed by atoms with van der Waals surface area (Å²) in [7, 11) is 0. The minimum Gasteiger partial charge on any atom is -0.396 e. The maximum Gasteiger partial charge on any atom is 0.254 e. The maximum atomic E-state index is 12.7. The quantitative estimate of drug-likeness (QED) is 0.848. The highest BCUT2D eigenvalue weighted by Gasteiger charge is 2.28. The fourth-order valence-electron chi connectivity index (χ4n) is 3.03. The first-order valence-electron chi connectivity index (χ1n) is 8.14. The normalized spacial score (nSPS) is 18.7. The SMILES string of the molecule is CC(C)(O)CCc1cccc(C(=O)N2CCC[C@H]2CCO)c1. The van der Waals surface area contributed by atoms with Gasteiger partial charge in [-0.15, -0.1) is 0 Å². The van der Waals surface area contributed by atoms with Gasteiger partial charge in [-0.05, 0) is 63.6 Å². The molecule has 0 aliphatic carbocycles. The number of rotatable bonds is 6. The molecular weight excluding hydrogens is 278 g/mol. The molecule has 0 bridgehead atoms. The van der Waals surface area contributed by atoms with E-state index in [-0.39, 0.29) is 18.6 Å². The van der Waals surface area contributed by atoms with Crippen LogP contribution in [0.1, 0.15) is 55.5 Å². The molecular formula is C18H27NO3. The summed E-state index contributed by atoms with van der Waals surface area (Å²) in [6, 6.07) is 7.85. The van der Waals surface area contributed by atoms with Gasteiger partial charge in [-0.1, -0.05) is 12.1 Å². The van der Waals surface area contributed by atoms with Gasteiger partial charge in [0, 0.05) is 24.8 Å². The van der Waals surface area contributed by atoms with E-state index in [4.69, 9.17) is 5.11 Å². The van der Waals surface area contributed by atoms with E-state index in [1.54, 1.807) is 13.8 Å². The average molecular weight is 305 g/mol. The molecule has 0 radical (unpaired) electrons. The fourth-order valence-corrected chi connectivity index (χ4v) is 3.03. The van der Waals surface area contributed by atoms with Gasteiger partial charge in [-0.2, -0.15) is 0 Å². The van der Waals surface area contributed by atoms with E-state index in [1.165, 1.54) is 0 Å². The number of carbonyl (C=O) groups is 1. The molecule has 2 rings (SSSR count). The Morgan fingerprint density at radius 2 is 2.18 bits per heavy atom. The molecule has 0 saturated carbocycles. The molecule has 1 amide bonds. The van der Waals surface area contributed by atoms with E-state index in [0.717, 1.165) is 31.4 Å². The summed E-state index contributed by atoms with van der Waals surface area (Å²) in [5.74, 6) is 0.0565. The molecule has 1 atom stereocenters. The molecule has 22 heavy (non-hydrogen) atoms. The predicted molar refractivity (Wildman–Crippen MR) is 86.8 cm³/mol. The van der Waals surface area contributed by atoms with Crippen LogP contribution in [0.4, 0.5) is 0 Å². The van der Waals surface area contributed by atoms with Crippen molar-refractivity contribution in [2.24, 2.45) is 0 Å². The van der Waals surface area contributed by atoms with Gasteiger partial charge in [0.15, 0.2) is 0 Å². The Labute approximate surface area is 132 Å². The van der Waals surface area contributed by atoms with E-state index in [2.05, 4.69) is 0 Å². The van der Waals surface area contributed by atoms with Gasteiger partial charge in [0.1, 0.15) is 0 Å². The topological polar surface area (TPSA) is 60.8 Å². The fraction of sp³-hybridized carbons (Fsp3) is 0.611. The minimum atomic E-state index is -0.693. The monoisotopic (exact) mass is 305 g/mol. The van der Waals surface area contributed by atoms with E-state index >= 15 is 0 Å². The third-order valence-electron chi connectivity index (χ3n) is 4.30. The standard InChI is InChI=1S/C18H27NO3/c1-18(2,22)10-8-14-5-3-6-15(13-14)17(21)19-11-4-7-16(19)9-12-20/h3,5-6,13,16,20,22H,4,7-12H2,1-2H3/t16-/m0/s1. The Morgan fingerprint density at radius 3 is 2.86 bits per heavy atom. The van der Waals surface area contributed by atoms with Gasteiger partial charge in [-0.3, -0.25) is 4.79 Å². The van der Waals surface area contributed by atoms with E-state index in [1.807, 2.05) is 29.2 Å². The van der Waals surface area contributed by atoms with Crippen molar-refractivity contribution in [3.63, 3.8) is 0 Å². The van der Waals surface area contributed by atoms with Crippen LogP contribution < -0.4 is 0 Å². The Bertz CT molecular complexity index is 507. The summed E-state index contributed by atoms with van der Waals surface area (Å²) in [5.41, 5.74) is 1.09. The lowest BCUT2D eigenvalue weighted by Gasteiger charge is -2.24. The highest BCUT2D eigenvalue weighted by Crippen LogP contribution is 2.23. The summed E-state index contributed by atoms with van der Waals surface area (Å²) < 4.78 is 0. The van der Waals surface area contributed by atoms with Crippen molar-refractivity contribution in [1.82, 2.24) is 4.90 Å². The second-order valence-corrected chi connectivity index (χ2v) is 6.82. The highest BCUT2D eigenvalue weighted by atomic mass is 16.3. The van der Waals surface area contributed by atoms with Crippen molar-refractivity contribution in [3.8, 4) is 0 Å². The summed E-state index contributed by atoms with van der Waals surface area (Å²) in [6.07, 6.45) is 4.07. The molecule has 0 unspecified atom stereocenters. The van der Waals surface area contributed by atoms with Crippen molar-refractivity contribution in [1.29, 1.82) is 0 Å². The number of hydrogen-bond acceptors (Lipinski definition) is 3. The molecule has 1 heterocycles. The third-order valence-corrected chi connectivity index (χ3v) is 4.30. The van der Waals surface area contributed by atoms with Crippen LogP contribution in [0.15, 0.2) is 24.3 Å². The summed E-state index contributed by atoms with van der Waals surface area (Å²) in [6.45, 7) is 4.49. The summed E-state index contributed by atoms with van der Waals surface area (Å²) in [4.78, 5) is 14.6. The lowest BCUT2D eigenvalue weighted by molar-refractivity contribution is 0.0713. The zero-order valence-electron chi connectivity index (χ0n) is 13.6. The predicted octanol–water partition coefficient (Wildman–Crippen LogP) is 2.38. The first-order valence-corrected chi connectivity index (χ1v) is 8.14. The number of likely N-dealkylation sites (tertiary alicyclic amines) is 1. The van der Waals surface area contributed by atoms with Gasteiger partial charge in [0.05, 0.1) is 5.60 Å². The molecule has 0 aromatic heterocycles. The molecule has 4 nitrogen and oxygen atoms in total. The van der Waals surface area contributed by atoms with Gasteiger partial charge in [-0.25, -0.2) is 0 Å². The Morgan fingerprint density at radius 1 is 1.41 bits per heavy atom. The van der Waals surface area contributed by atoms with Gasteiger partial charge in [0.2, 0.25) is 0 Å². The van der Waals surface area contributed by atoms with Gasteiger partial charge >= 0.3 is 0 Å². The lowest BCUT2D eigenvalue weighted by Crippen LogP contribution is -2.36. The Kier molecular flexibility index (Phi) is 5.59. The van der Waals surface area contributed by atoms with E-state index < -0.39 is 5.60 Å². The Balaban J connectivity index is 2.06. The first kappa shape index (κ1) is 17.0. The number of amides is 1. The van der Waals surface area contributed by atoms with Crippen molar-refractivity contribution >= 4 is 5.91 Å². The number of hydrogen-bond donors (Lipinski definition) is 2. The van der Waals surface area contributed by atoms with Crippen LogP contribution in [0, 0.1) is 0 Å². The van der Waals surface area contributed by atoms with E-state index in [0.29, 0.717) is 18.4 Å². The second-order valence-electron chi connectivity index (χ2n) is 6.82. The van der Waals surface area contributed by atoms with Crippen LogP contribution in [0.5, 0.6) is 0 Å². The number of aliphatic hydroxyl groups is 2. The zero-order chi connectivity index (χ0) is 16.2. The smallest absolute Gasteiger partial charge is 0.254 e. The lowest BCUT2D eigenvalue weighted by atomic mass is 9.97. The number of nitrogens with zero attached hydrogens (tertiary/aromatic N) is 1. The second kappa shape index (κ2) is 7.25. The number of carbonyl (C=O) groups excluding carboxylic acids is 1. The number of benzene rings is 1. The average Bonchev–Trinajstić information content (AvgIpc) is 2.93. The number of aliphatic hydroxyl groups excluding tert-OH is 1. The van der Waals surface area contributed by atoms with Crippen LogP contribution in [-0.4, -0.2) is 45.8 Å². The van der Waals surface area contributed by atoms with Crippen LogP contribution in [0.2, 0.25) is 0 Å².